The van der Waals surface area contributed by atoms with E-state index in [2.05, 4.69) is 0 Å². The Balaban J connectivity index is 1.88. The number of benzene rings is 1. The number of amides is 3. The maximum atomic E-state index is 13.6. The summed E-state index contributed by atoms with van der Waals surface area (Å²) in [4.78, 5) is 53.3. The molecule has 0 bridgehead atoms. The van der Waals surface area contributed by atoms with Crippen LogP contribution in [0.3, 0.4) is 0 Å². The zero-order chi connectivity index (χ0) is 23.7. The third kappa shape index (κ3) is 4.56. The second kappa shape index (κ2) is 8.80. The van der Waals surface area contributed by atoms with Crippen LogP contribution in [-0.2, 0) is 25.5 Å². The Morgan fingerprint density at radius 2 is 1.88 bits per heavy atom. The zero-order valence-corrected chi connectivity index (χ0v) is 18.9. The Kier molecular flexibility index (Phi) is 6.48. The number of cyclic esters (lactones) is 1. The standard InChI is InChI=1S/C23H30N2O7/c1-5-23(19(27)28)14-24(20(29)32-22(2,3)4)12-17(23)18(26)25-16(13-31-21(25)30)11-15-9-7-6-8-10-15/h6-10,16-17H,5,11-14H2,1-4H3,(H,27,28)/t16-,17-,23+/m1/s1. The summed E-state index contributed by atoms with van der Waals surface area (Å²) in [5.74, 6) is -2.92. The quantitative estimate of drug-likeness (QED) is 0.740. The molecular weight excluding hydrogens is 416 g/mol. The van der Waals surface area contributed by atoms with Crippen molar-refractivity contribution < 1.29 is 33.8 Å². The summed E-state index contributed by atoms with van der Waals surface area (Å²) in [6.45, 7) is 6.52. The Morgan fingerprint density at radius 1 is 1.22 bits per heavy atom. The fourth-order valence-electron chi connectivity index (χ4n) is 4.35. The fraction of sp³-hybridized carbons (Fsp3) is 0.565. The van der Waals surface area contributed by atoms with Gasteiger partial charge in [0.15, 0.2) is 0 Å². The molecule has 0 aliphatic carbocycles. The molecule has 9 heteroatoms. The van der Waals surface area contributed by atoms with Crippen LogP contribution in [-0.4, -0.2) is 70.3 Å². The maximum Gasteiger partial charge on any atom is 0.416 e. The number of imide groups is 1. The van der Waals surface area contributed by atoms with Gasteiger partial charge in [0.25, 0.3) is 0 Å². The molecule has 2 saturated heterocycles. The number of hydrogen-bond acceptors (Lipinski definition) is 6. The first kappa shape index (κ1) is 23.6. The number of carbonyl (C=O) groups is 4. The lowest BCUT2D eigenvalue weighted by Crippen LogP contribution is -2.50. The van der Waals surface area contributed by atoms with Crippen LogP contribution in [0.2, 0.25) is 0 Å². The largest absolute Gasteiger partial charge is 0.481 e. The molecule has 3 rings (SSSR count). The predicted octanol–water partition coefficient (Wildman–Crippen LogP) is 2.92. The normalized spacial score (nSPS) is 25.6. The van der Waals surface area contributed by atoms with Crippen molar-refractivity contribution in [2.75, 3.05) is 19.7 Å². The summed E-state index contributed by atoms with van der Waals surface area (Å²) in [6.07, 6.45) is -0.962. The predicted molar refractivity (Wildman–Crippen MR) is 114 cm³/mol. The number of carbonyl (C=O) groups excluding carboxylic acids is 3. The molecule has 1 aromatic carbocycles. The second-order valence-electron chi connectivity index (χ2n) is 9.36. The molecule has 2 fully saturated rings. The Hall–Kier alpha value is -3.10. The van der Waals surface area contributed by atoms with Crippen molar-refractivity contribution in [3.8, 4) is 0 Å². The molecule has 2 aliphatic rings. The summed E-state index contributed by atoms with van der Waals surface area (Å²) < 4.78 is 10.5. The molecule has 3 atom stereocenters. The summed E-state index contributed by atoms with van der Waals surface area (Å²) in [7, 11) is 0. The molecule has 3 amide bonds. The molecule has 174 valence electrons. The number of nitrogens with zero attached hydrogens (tertiary/aromatic N) is 2. The molecule has 0 saturated carbocycles. The molecule has 0 unspecified atom stereocenters. The van der Waals surface area contributed by atoms with Crippen molar-refractivity contribution in [3.05, 3.63) is 35.9 Å². The maximum absolute atomic E-state index is 13.6. The van der Waals surface area contributed by atoms with E-state index < -0.39 is 47.0 Å². The summed E-state index contributed by atoms with van der Waals surface area (Å²) >= 11 is 0. The van der Waals surface area contributed by atoms with Crippen LogP contribution in [0.5, 0.6) is 0 Å². The Labute approximate surface area is 187 Å². The van der Waals surface area contributed by atoms with Crippen LogP contribution in [0.25, 0.3) is 0 Å². The van der Waals surface area contributed by atoms with Gasteiger partial charge in [0.2, 0.25) is 5.91 Å². The number of likely N-dealkylation sites (tertiary alicyclic amines) is 1. The van der Waals surface area contributed by atoms with E-state index in [1.807, 2.05) is 30.3 Å². The van der Waals surface area contributed by atoms with Crippen LogP contribution in [0.4, 0.5) is 9.59 Å². The lowest BCUT2D eigenvalue weighted by atomic mass is 9.75. The Morgan fingerprint density at radius 3 is 2.44 bits per heavy atom. The third-order valence-electron chi connectivity index (χ3n) is 6.06. The number of carboxylic acid groups (broad SMARTS) is 1. The monoisotopic (exact) mass is 446 g/mol. The fourth-order valence-corrected chi connectivity index (χ4v) is 4.35. The van der Waals surface area contributed by atoms with Crippen molar-refractivity contribution in [2.45, 2.75) is 52.2 Å². The highest BCUT2D eigenvalue weighted by Crippen LogP contribution is 2.42. The second-order valence-corrected chi connectivity index (χ2v) is 9.36. The molecular formula is C23H30N2O7. The topological polar surface area (TPSA) is 113 Å². The SMILES string of the molecule is CC[C@]1(C(=O)O)CN(C(=O)OC(C)(C)C)C[C@@H]1C(=O)N1C(=O)OC[C@H]1Cc1ccccc1. The van der Waals surface area contributed by atoms with Gasteiger partial charge in [0.1, 0.15) is 12.2 Å². The van der Waals surface area contributed by atoms with E-state index in [9.17, 15) is 24.3 Å². The lowest BCUT2D eigenvalue weighted by Gasteiger charge is -2.31. The van der Waals surface area contributed by atoms with Crippen LogP contribution in [0.1, 0.15) is 39.7 Å². The number of hydrogen-bond donors (Lipinski definition) is 1. The molecule has 2 aliphatic heterocycles. The van der Waals surface area contributed by atoms with Crippen molar-refractivity contribution in [1.82, 2.24) is 9.80 Å². The molecule has 0 radical (unpaired) electrons. The lowest BCUT2D eigenvalue weighted by molar-refractivity contribution is -0.156. The highest BCUT2D eigenvalue weighted by Gasteiger charge is 2.58. The first-order valence-corrected chi connectivity index (χ1v) is 10.7. The first-order valence-electron chi connectivity index (χ1n) is 10.7. The van der Waals surface area contributed by atoms with Gasteiger partial charge in [0, 0.05) is 13.1 Å². The van der Waals surface area contributed by atoms with Crippen LogP contribution >= 0.6 is 0 Å². The van der Waals surface area contributed by atoms with E-state index in [1.165, 1.54) is 4.90 Å². The van der Waals surface area contributed by atoms with E-state index in [0.717, 1.165) is 10.5 Å². The average Bonchev–Trinajstić information content (AvgIpc) is 3.29. The number of rotatable bonds is 5. The van der Waals surface area contributed by atoms with Gasteiger partial charge in [0.05, 0.1) is 17.4 Å². The number of carboxylic acids is 1. The van der Waals surface area contributed by atoms with Crippen LogP contribution in [0, 0.1) is 11.3 Å². The van der Waals surface area contributed by atoms with E-state index in [0.29, 0.717) is 6.42 Å². The van der Waals surface area contributed by atoms with Crippen LogP contribution < -0.4 is 0 Å². The van der Waals surface area contributed by atoms with E-state index >= 15 is 0 Å². The van der Waals surface area contributed by atoms with Crippen molar-refractivity contribution in [3.63, 3.8) is 0 Å². The van der Waals surface area contributed by atoms with Gasteiger partial charge < -0.3 is 19.5 Å². The van der Waals surface area contributed by atoms with E-state index in [-0.39, 0.29) is 26.1 Å². The highest BCUT2D eigenvalue weighted by molar-refractivity contribution is 5.98. The van der Waals surface area contributed by atoms with Gasteiger partial charge >= 0.3 is 18.2 Å². The molecule has 2 heterocycles. The molecule has 32 heavy (non-hydrogen) atoms. The van der Waals surface area contributed by atoms with Crippen molar-refractivity contribution in [2.24, 2.45) is 11.3 Å². The minimum absolute atomic E-state index is 0.0359. The van der Waals surface area contributed by atoms with E-state index in [4.69, 9.17) is 9.47 Å². The smallest absolute Gasteiger partial charge is 0.416 e. The minimum atomic E-state index is -1.52. The van der Waals surface area contributed by atoms with Gasteiger partial charge in [-0.2, -0.15) is 0 Å². The molecule has 0 aromatic heterocycles. The first-order chi connectivity index (χ1) is 15.0. The van der Waals surface area contributed by atoms with Crippen molar-refractivity contribution in [1.29, 1.82) is 0 Å². The van der Waals surface area contributed by atoms with Crippen molar-refractivity contribution >= 4 is 24.1 Å². The van der Waals surface area contributed by atoms with Crippen LogP contribution in [0.15, 0.2) is 30.3 Å². The summed E-state index contributed by atoms with van der Waals surface area (Å²) in [6, 6.07) is 8.83. The zero-order valence-electron chi connectivity index (χ0n) is 18.9. The summed E-state index contributed by atoms with van der Waals surface area (Å²) in [5, 5.41) is 10.1. The molecule has 1 aromatic rings. The van der Waals surface area contributed by atoms with Gasteiger partial charge in [-0.3, -0.25) is 9.59 Å². The third-order valence-corrected chi connectivity index (χ3v) is 6.06. The average molecular weight is 447 g/mol. The van der Waals surface area contributed by atoms with Gasteiger partial charge in [-0.05, 0) is 39.2 Å². The highest BCUT2D eigenvalue weighted by atomic mass is 16.6. The number of ether oxygens (including phenoxy) is 2. The van der Waals surface area contributed by atoms with Gasteiger partial charge in [-0.15, -0.1) is 0 Å². The molecule has 1 N–H and O–H groups in total. The minimum Gasteiger partial charge on any atom is -0.481 e. The van der Waals surface area contributed by atoms with E-state index in [1.54, 1.807) is 27.7 Å². The van der Waals surface area contributed by atoms with Gasteiger partial charge in [-0.1, -0.05) is 37.3 Å². The Bertz CT molecular complexity index is 895. The summed E-state index contributed by atoms with van der Waals surface area (Å²) in [5.41, 5.74) is -1.36. The number of aliphatic carboxylic acids is 1. The van der Waals surface area contributed by atoms with Gasteiger partial charge in [-0.25, -0.2) is 14.5 Å². The molecule has 9 nitrogen and oxygen atoms in total. The molecule has 0 spiro atoms.